The highest BCUT2D eigenvalue weighted by molar-refractivity contribution is 5.95. The van der Waals surface area contributed by atoms with Crippen molar-refractivity contribution in [2.75, 3.05) is 38.5 Å². The lowest BCUT2D eigenvalue weighted by molar-refractivity contribution is 0.0658. The number of ketones is 1. The van der Waals surface area contributed by atoms with E-state index in [1.807, 2.05) is 18.0 Å². The molecular formula is C18H21N5O2. The normalized spacial score (nSPS) is 15.0. The maximum absolute atomic E-state index is 12.6. The topological polar surface area (TPSA) is 78.4 Å². The number of nitrogens with zero attached hydrogens (tertiary/aromatic N) is 4. The van der Waals surface area contributed by atoms with Crippen molar-refractivity contribution in [1.29, 1.82) is 0 Å². The van der Waals surface area contributed by atoms with Crippen LogP contribution in [0.15, 0.2) is 36.5 Å². The molecule has 1 aliphatic rings. The largest absolute Gasteiger partial charge is 0.335 e. The van der Waals surface area contributed by atoms with Gasteiger partial charge in [-0.1, -0.05) is 12.1 Å². The Morgan fingerprint density at radius 3 is 2.60 bits per heavy atom. The number of benzene rings is 1. The van der Waals surface area contributed by atoms with Crippen LogP contribution < -0.4 is 5.32 Å². The molecule has 1 amide bonds. The number of carbonyl (C=O) groups is 2. The summed E-state index contributed by atoms with van der Waals surface area (Å²) in [6, 6.07) is 8.73. The molecule has 1 fully saturated rings. The fraction of sp³-hybridized carbons (Fsp3) is 0.333. The molecule has 1 aromatic heterocycles. The molecule has 2 heterocycles. The number of aromatic nitrogens is 2. The van der Waals surface area contributed by atoms with Crippen molar-refractivity contribution in [1.82, 2.24) is 19.8 Å². The maximum Gasteiger partial charge on any atom is 0.272 e. The van der Waals surface area contributed by atoms with Crippen molar-refractivity contribution in [2.24, 2.45) is 0 Å². The number of hydrogen-bond donors (Lipinski definition) is 1. The molecule has 7 nitrogen and oxygen atoms in total. The van der Waals surface area contributed by atoms with E-state index in [4.69, 9.17) is 0 Å². The van der Waals surface area contributed by atoms with E-state index < -0.39 is 0 Å². The highest BCUT2D eigenvalue weighted by atomic mass is 16.2. The van der Waals surface area contributed by atoms with Crippen LogP contribution in [-0.4, -0.2) is 64.7 Å². The molecule has 0 bridgehead atoms. The van der Waals surface area contributed by atoms with Crippen LogP contribution >= 0.6 is 0 Å². The lowest BCUT2D eigenvalue weighted by Crippen LogP contribution is -2.47. The van der Waals surface area contributed by atoms with E-state index >= 15 is 0 Å². The average Bonchev–Trinajstić information content (AvgIpc) is 2.62. The number of amides is 1. The number of Topliss-reactive ketones (excluding diaryl/α,β-unsaturated/α-hetero) is 1. The van der Waals surface area contributed by atoms with E-state index in [0.717, 1.165) is 13.1 Å². The van der Waals surface area contributed by atoms with Crippen molar-refractivity contribution in [2.45, 2.75) is 6.92 Å². The third-order valence-electron chi connectivity index (χ3n) is 4.19. The Bertz CT molecular complexity index is 785. The van der Waals surface area contributed by atoms with Gasteiger partial charge in [-0.05, 0) is 32.2 Å². The van der Waals surface area contributed by atoms with Crippen molar-refractivity contribution in [3.63, 3.8) is 0 Å². The highest BCUT2D eigenvalue weighted by Gasteiger charge is 2.21. The number of hydrogen-bond acceptors (Lipinski definition) is 6. The minimum Gasteiger partial charge on any atom is -0.335 e. The molecule has 0 saturated carbocycles. The lowest BCUT2D eigenvalue weighted by atomic mass is 10.1. The Kier molecular flexibility index (Phi) is 5.04. The minimum atomic E-state index is -0.0870. The van der Waals surface area contributed by atoms with Gasteiger partial charge in [-0.2, -0.15) is 0 Å². The molecule has 1 aromatic carbocycles. The summed E-state index contributed by atoms with van der Waals surface area (Å²) in [4.78, 5) is 36.6. The van der Waals surface area contributed by atoms with Gasteiger partial charge in [-0.15, -0.1) is 0 Å². The molecule has 3 rings (SSSR count). The van der Waals surface area contributed by atoms with Crippen LogP contribution in [0.3, 0.4) is 0 Å². The second kappa shape index (κ2) is 7.40. The molecule has 2 aromatic rings. The smallest absolute Gasteiger partial charge is 0.272 e. The molecular weight excluding hydrogens is 318 g/mol. The Labute approximate surface area is 146 Å². The number of rotatable bonds is 4. The monoisotopic (exact) mass is 339 g/mol. The fourth-order valence-corrected chi connectivity index (χ4v) is 2.65. The molecule has 130 valence electrons. The van der Waals surface area contributed by atoms with Gasteiger partial charge in [0, 0.05) is 43.6 Å². The van der Waals surface area contributed by atoms with Crippen LogP contribution in [0.2, 0.25) is 0 Å². The highest BCUT2D eigenvalue weighted by Crippen LogP contribution is 2.16. The summed E-state index contributed by atoms with van der Waals surface area (Å²) in [7, 11) is 2.05. The van der Waals surface area contributed by atoms with Crippen molar-refractivity contribution < 1.29 is 9.59 Å². The third kappa shape index (κ3) is 4.19. The molecule has 25 heavy (non-hydrogen) atoms. The summed E-state index contributed by atoms with van der Waals surface area (Å²) in [5, 5.41) is 3.05. The van der Waals surface area contributed by atoms with Gasteiger partial charge in [-0.3, -0.25) is 9.59 Å². The second-order valence-electron chi connectivity index (χ2n) is 6.12. The molecule has 0 aliphatic carbocycles. The first-order chi connectivity index (χ1) is 12.0. The van der Waals surface area contributed by atoms with E-state index in [1.54, 1.807) is 30.5 Å². The van der Waals surface area contributed by atoms with E-state index in [-0.39, 0.29) is 11.7 Å². The number of anilines is 2. The molecule has 0 spiro atoms. The molecule has 1 N–H and O–H groups in total. The summed E-state index contributed by atoms with van der Waals surface area (Å²) in [5.74, 6) is 0.236. The van der Waals surface area contributed by atoms with Crippen LogP contribution in [0.5, 0.6) is 0 Å². The standard InChI is InChI=1S/C18H21N5O2/c1-13(24)14-4-3-5-15(12-14)20-18-19-7-6-16(21-18)17(25)23-10-8-22(2)9-11-23/h3-7,12H,8-11H2,1-2H3,(H,19,20,21). The zero-order chi connectivity index (χ0) is 17.8. The summed E-state index contributed by atoms with van der Waals surface area (Å²) in [6.07, 6.45) is 1.56. The van der Waals surface area contributed by atoms with E-state index in [1.165, 1.54) is 6.92 Å². The number of nitrogens with one attached hydrogen (secondary N) is 1. The lowest BCUT2D eigenvalue weighted by Gasteiger charge is -2.32. The predicted molar refractivity (Wildman–Crippen MR) is 95.2 cm³/mol. The van der Waals surface area contributed by atoms with Crippen LogP contribution in [0, 0.1) is 0 Å². The molecule has 0 radical (unpaired) electrons. The molecule has 0 atom stereocenters. The Morgan fingerprint density at radius 1 is 1.12 bits per heavy atom. The van der Waals surface area contributed by atoms with Crippen molar-refractivity contribution in [3.8, 4) is 0 Å². The van der Waals surface area contributed by atoms with Gasteiger partial charge in [0.15, 0.2) is 5.78 Å². The number of likely N-dealkylation sites (N-methyl/N-ethyl adjacent to an activating group) is 1. The SMILES string of the molecule is CC(=O)c1cccc(Nc2nccc(C(=O)N3CCN(C)CC3)n2)c1. The predicted octanol–water partition coefficient (Wildman–Crippen LogP) is 1.81. The van der Waals surface area contributed by atoms with Crippen molar-refractivity contribution >= 4 is 23.3 Å². The Hall–Kier alpha value is -2.80. The van der Waals surface area contributed by atoms with Gasteiger partial charge in [0.1, 0.15) is 5.69 Å². The fourth-order valence-electron chi connectivity index (χ4n) is 2.65. The Balaban J connectivity index is 1.74. The number of carbonyl (C=O) groups excluding carboxylic acids is 2. The van der Waals surface area contributed by atoms with Gasteiger partial charge in [0.05, 0.1) is 0 Å². The van der Waals surface area contributed by atoms with Gasteiger partial charge in [-0.25, -0.2) is 9.97 Å². The summed E-state index contributed by atoms with van der Waals surface area (Å²) in [5.41, 5.74) is 1.68. The molecule has 1 aliphatic heterocycles. The van der Waals surface area contributed by atoms with Crippen LogP contribution in [-0.2, 0) is 0 Å². The summed E-state index contributed by atoms with van der Waals surface area (Å²) in [6.45, 7) is 4.63. The van der Waals surface area contributed by atoms with Crippen molar-refractivity contribution in [3.05, 3.63) is 47.8 Å². The zero-order valence-electron chi connectivity index (χ0n) is 14.4. The van der Waals surface area contributed by atoms with Crippen LogP contribution in [0.25, 0.3) is 0 Å². The molecule has 1 saturated heterocycles. The van der Waals surface area contributed by atoms with Gasteiger partial charge in [0.2, 0.25) is 5.95 Å². The van der Waals surface area contributed by atoms with E-state index in [9.17, 15) is 9.59 Å². The molecule has 0 unspecified atom stereocenters. The minimum absolute atomic E-state index is 0.0106. The quantitative estimate of drug-likeness (QED) is 0.856. The van der Waals surface area contributed by atoms with Gasteiger partial charge >= 0.3 is 0 Å². The van der Waals surface area contributed by atoms with Crippen LogP contribution in [0.1, 0.15) is 27.8 Å². The van der Waals surface area contributed by atoms with Gasteiger partial charge in [0.25, 0.3) is 5.91 Å². The first kappa shape index (κ1) is 17.0. The summed E-state index contributed by atoms with van der Waals surface area (Å²) < 4.78 is 0. The van der Waals surface area contributed by atoms with Crippen LogP contribution in [0.4, 0.5) is 11.6 Å². The van der Waals surface area contributed by atoms with E-state index in [2.05, 4.69) is 20.2 Å². The Morgan fingerprint density at radius 2 is 1.88 bits per heavy atom. The molecule has 7 heteroatoms. The third-order valence-corrected chi connectivity index (χ3v) is 4.19. The zero-order valence-corrected chi connectivity index (χ0v) is 14.4. The second-order valence-corrected chi connectivity index (χ2v) is 6.12. The van der Waals surface area contributed by atoms with Gasteiger partial charge < -0.3 is 15.1 Å². The summed E-state index contributed by atoms with van der Waals surface area (Å²) >= 11 is 0. The number of piperazine rings is 1. The first-order valence-electron chi connectivity index (χ1n) is 8.22. The first-order valence-corrected chi connectivity index (χ1v) is 8.22. The average molecular weight is 339 g/mol. The maximum atomic E-state index is 12.6. The van der Waals surface area contributed by atoms with E-state index in [0.29, 0.717) is 36.0 Å².